The Morgan fingerprint density at radius 1 is 1.21 bits per heavy atom. The Bertz CT molecular complexity index is 1150. The molecule has 2 atom stereocenters. The molecule has 2 aliphatic heterocycles. The summed E-state index contributed by atoms with van der Waals surface area (Å²) in [6.45, 7) is 0.655. The van der Waals surface area contributed by atoms with Gasteiger partial charge in [-0.1, -0.05) is 0 Å². The van der Waals surface area contributed by atoms with Gasteiger partial charge in [0.1, 0.15) is 16.9 Å². The number of rotatable bonds is 4. The molecule has 0 saturated carbocycles. The number of nitrogens with one attached hydrogen (secondary N) is 1. The van der Waals surface area contributed by atoms with Crippen LogP contribution in [0.15, 0.2) is 29.2 Å². The lowest BCUT2D eigenvalue weighted by Crippen LogP contribution is -2.48. The number of fused-ring (bicyclic) bond motifs is 3. The van der Waals surface area contributed by atoms with Gasteiger partial charge in [0.2, 0.25) is 5.95 Å². The summed E-state index contributed by atoms with van der Waals surface area (Å²) < 4.78 is 54.0. The zero-order chi connectivity index (χ0) is 20.3. The summed E-state index contributed by atoms with van der Waals surface area (Å²) in [6.07, 6.45) is -0.411. The molecule has 0 unspecified atom stereocenters. The predicted molar refractivity (Wildman–Crippen MR) is 96.5 cm³/mol. The second kappa shape index (κ2) is 6.55. The normalized spacial score (nSPS) is 21.8. The molecular weight excluding hydrogens is 392 g/mol. The molecule has 0 aliphatic carbocycles. The molecule has 1 N–H and O–H groups in total. The Morgan fingerprint density at radius 2 is 2.03 bits per heavy atom. The van der Waals surface area contributed by atoms with Gasteiger partial charge >= 0.3 is 0 Å². The summed E-state index contributed by atoms with van der Waals surface area (Å²) in [6, 6.07) is 2.97. The summed E-state index contributed by atoms with van der Waals surface area (Å²) in [4.78, 5) is 23.3. The smallest absolute Gasteiger partial charge is 0.263 e. The molecule has 2 fully saturated rings. The number of hydrogen-bond donors (Lipinski definition) is 1. The second-order valence-electron chi connectivity index (χ2n) is 7.32. The number of likely N-dealkylation sites (tertiary alicyclic amines) is 1. The van der Waals surface area contributed by atoms with Crippen LogP contribution in [-0.4, -0.2) is 62.8 Å². The molecule has 3 aromatic rings. The lowest BCUT2D eigenvalue weighted by molar-refractivity contribution is 0.0790. The molecule has 1 aromatic carbocycles. The third-order valence-corrected chi connectivity index (χ3v) is 5.56. The van der Waals surface area contributed by atoms with Gasteiger partial charge in [-0.3, -0.25) is 14.7 Å². The maximum absolute atomic E-state index is 14.2. The van der Waals surface area contributed by atoms with E-state index in [1.54, 1.807) is 4.90 Å². The van der Waals surface area contributed by atoms with Gasteiger partial charge in [0.25, 0.3) is 12.0 Å². The zero-order valence-electron chi connectivity index (χ0n) is 15.0. The van der Waals surface area contributed by atoms with E-state index in [0.29, 0.717) is 19.5 Å². The van der Waals surface area contributed by atoms with Crippen molar-refractivity contribution in [2.24, 2.45) is 0 Å². The van der Waals surface area contributed by atoms with Gasteiger partial charge in [0.05, 0.1) is 12.7 Å². The van der Waals surface area contributed by atoms with Crippen LogP contribution in [0.4, 0.5) is 23.5 Å². The molecule has 2 bridgehead atoms. The second-order valence-corrected chi connectivity index (χ2v) is 7.32. The number of piperazine rings is 1. The van der Waals surface area contributed by atoms with Crippen LogP contribution in [0.2, 0.25) is 0 Å². The van der Waals surface area contributed by atoms with Gasteiger partial charge in [-0.25, -0.2) is 22.2 Å². The van der Waals surface area contributed by atoms with Crippen molar-refractivity contribution in [3.63, 3.8) is 0 Å². The molecule has 2 saturated heterocycles. The number of aromatic nitrogens is 4. The van der Waals surface area contributed by atoms with E-state index < -0.39 is 23.6 Å². The van der Waals surface area contributed by atoms with E-state index in [9.17, 15) is 22.4 Å². The van der Waals surface area contributed by atoms with E-state index in [1.807, 2.05) is 4.90 Å². The third kappa shape index (κ3) is 2.96. The zero-order valence-corrected chi connectivity index (χ0v) is 15.0. The first-order valence-electron chi connectivity index (χ1n) is 9.13. The van der Waals surface area contributed by atoms with E-state index in [0.717, 1.165) is 16.8 Å². The average Bonchev–Trinajstić information content (AvgIpc) is 3.35. The highest BCUT2D eigenvalue weighted by Crippen LogP contribution is 2.33. The fourth-order valence-electron chi connectivity index (χ4n) is 4.28. The van der Waals surface area contributed by atoms with Crippen LogP contribution >= 0.6 is 0 Å². The number of hydrogen-bond acceptors (Lipinski definition) is 5. The molecule has 5 rings (SSSR count). The van der Waals surface area contributed by atoms with Crippen molar-refractivity contribution >= 4 is 17.0 Å². The molecule has 4 heterocycles. The van der Waals surface area contributed by atoms with E-state index in [1.165, 1.54) is 12.3 Å². The van der Waals surface area contributed by atoms with Gasteiger partial charge in [-0.2, -0.15) is 10.1 Å². The van der Waals surface area contributed by atoms with Crippen molar-refractivity contribution < 1.29 is 17.6 Å². The number of alkyl halides is 2. The first kappa shape index (κ1) is 18.1. The Morgan fingerprint density at radius 3 is 2.72 bits per heavy atom. The maximum atomic E-state index is 14.2. The molecule has 152 valence electrons. The van der Waals surface area contributed by atoms with Gasteiger partial charge in [0, 0.05) is 31.2 Å². The van der Waals surface area contributed by atoms with Crippen molar-refractivity contribution in [1.82, 2.24) is 24.6 Å². The van der Waals surface area contributed by atoms with Crippen LogP contribution < -0.4 is 10.5 Å². The van der Waals surface area contributed by atoms with Crippen LogP contribution in [0.25, 0.3) is 16.7 Å². The van der Waals surface area contributed by atoms with Crippen LogP contribution in [0.1, 0.15) is 6.42 Å². The quantitative estimate of drug-likeness (QED) is 0.668. The molecule has 7 nitrogen and oxygen atoms in total. The van der Waals surface area contributed by atoms with Gasteiger partial charge in [0.15, 0.2) is 11.5 Å². The van der Waals surface area contributed by atoms with Crippen molar-refractivity contribution in [1.29, 1.82) is 0 Å². The van der Waals surface area contributed by atoms with E-state index in [-0.39, 0.29) is 41.3 Å². The minimum atomic E-state index is -2.39. The highest BCUT2D eigenvalue weighted by Gasteiger charge is 2.44. The number of anilines is 1. The predicted octanol–water partition coefficient (Wildman–Crippen LogP) is 1.91. The molecule has 0 spiro atoms. The molecular formula is C18H16F4N6O. The van der Waals surface area contributed by atoms with Crippen molar-refractivity contribution in [2.45, 2.75) is 24.9 Å². The lowest BCUT2D eigenvalue weighted by atomic mass is 10.2. The molecule has 29 heavy (non-hydrogen) atoms. The van der Waals surface area contributed by atoms with Crippen molar-refractivity contribution in [3.8, 4) is 5.69 Å². The van der Waals surface area contributed by atoms with Gasteiger partial charge in [-0.15, -0.1) is 0 Å². The number of H-pyrrole nitrogens is 1. The topological polar surface area (TPSA) is 70.1 Å². The highest BCUT2D eigenvalue weighted by molar-refractivity contribution is 5.76. The minimum absolute atomic E-state index is 0.0310. The van der Waals surface area contributed by atoms with Crippen molar-refractivity contribution in [2.75, 3.05) is 24.5 Å². The monoisotopic (exact) mass is 408 g/mol. The van der Waals surface area contributed by atoms with E-state index >= 15 is 0 Å². The first-order chi connectivity index (χ1) is 13.9. The maximum Gasteiger partial charge on any atom is 0.263 e. The Hall–Kier alpha value is -2.95. The minimum Gasteiger partial charge on any atom is -0.336 e. The van der Waals surface area contributed by atoms with Crippen LogP contribution in [0.5, 0.6) is 0 Å². The molecule has 0 radical (unpaired) electrons. The fraction of sp³-hybridized carbons (Fsp3) is 0.389. The highest BCUT2D eigenvalue weighted by atomic mass is 19.3. The van der Waals surface area contributed by atoms with Crippen LogP contribution in [0, 0.1) is 11.6 Å². The first-order valence-corrected chi connectivity index (χ1v) is 9.13. The Labute approximate surface area is 161 Å². The van der Waals surface area contributed by atoms with Crippen LogP contribution in [-0.2, 0) is 0 Å². The van der Waals surface area contributed by atoms with Gasteiger partial charge in [-0.05, 0) is 18.6 Å². The number of nitrogens with zero attached hydrogens (tertiary/aromatic N) is 5. The van der Waals surface area contributed by atoms with Crippen molar-refractivity contribution in [3.05, 3.63) is 46.4 Å². The molecule has 0 amide bonds. The summed E-state index contributed by atoms with van der Waals surface area (Å²) in [5.74, 6) is -1.27. The molecule has 2 aromatic heterocycles. The summed E-state index contributed by atoms with van der Waals surface area (Å²) in [5, 5.41) is 4.21. The Balaban J connectivity index is 1.52. The van der Waals surface area contributed by atoms with E-state index in [4.69, 9.17) is 0 Å². The summed E-state index contributed by atoms with van der Waals surface area (Å²) in [5.41, 5.74) is -0.330. The molecule has 2 aliphatic rings. The fourth-order valence-corrected chi connectivity index (χ4v) is 4.28. The third-order valence-electron chi connectivity index (χ3n) is 5.56. The summed E-state index contributed by atoms with van der Waals surface area (Å²) in [7, 11) is 0. The number of halogens is 4. The lowest BCUT2D eigenvalue weighted by Gasteiger charge is -2.34. The largest absolute Gasteiger partial charge is 0.336 e. The standard InChI is InChI=1S/C18H16F4N6O/c19-9-1-2-14(13(20)3-9)28-16-12(5-23-28)17(29)25-18(24-16)27-7-10-4-11(27)6-26(10)8-15(21)22/h1-3,5,10-11,15H,4,6-8H2,(H,24,25,29)/t10-,11-/m1/s1. The number of benzene rings is 1. The van der Waals surface area contributed by atoms with E-state index in [2.05, 4.69) is 15.1 Å². The average molecular weight is 408 g/mol. The Kier molecular flexibility index (Phi) is 4.09. The van der Waals surface area contributed by atoms with Gasteiger partial charge < -0.3 is 4.90 Å². The SMILES string of the molecule is O=c1[nH]c(N2C[C@H]3C[C@@H]2CN3CC(F)F)nc2c1cnn2-c1ccc(F)cc1F. The summed E-state index contributed by atoms with van der Waals surface area (Å²) >= 11 is 0. The van der Waals surface area contributed by atoms with Crippen LogP contribution in [0.3, 0.4) is 0 Å². The molecule has 11 heteroatoms. The number of aromatic amines is 1.